The van der Waals surface area contributed by atoms with Crippen LogP contribution in [0.1, 0.15) is 11.1 Å². The van der Waals surface area contributed by atoms with Crippen molar-refractivity contribution >= 4 is 5.97 Å². The molecule has 118 valence electrons. The van der Waals surface area contributed by atoms with Gasteiger partial charge in [-0.1, -0.05) is 11.8 Å². The van der Waals surface area contributed by atoms with E-state index in [1.54, 1.807) is 35.1 Å². The molecule has 0 saturated heterocycles. The lowest BCUT2D eigenvalue weighted by Crippen LogP contribution is -2.31. The van der Waals surface area contributed by atoms with Crippen molar-refractivity contribution in [3.05, 3.63) is 59.4 Å². The molecule has 1 heterocycles. The molecule has 0 aliphatic carbocycles. The van der Waals surface area contributed by atoms with Gasteiger partial charge in [0.05, 0.1) is 11.8 Å². The highest BCUT2D eigenvalue weighted by atomic mass is 16.5. The van der Waals surface area contributed by atoms with Gasteiger partial charge in [0.25, 0.3) is 0 Å². The Hall–Kier alpha value is -3.44. The lowest BCUT2D eigenvalue weighted by molar-refractivity contribution is -0.132. The predicted octanol–water partition coefficient (Wildman–Crippen LogP) is -0.126. The van der Waals surface area contributed by atoms with Crippen molar-refractivity contribution in [2.45, 2.75) is 0 Å². The largest absolute Gasteiger partial charge is 0.476 e. The Morgan fingerprint density at radius 1 is 1.30 bits per heavy atom. The summed E-state index contributed by atoms with van der Waals surface area (Å²) in [6.07, 6.45) is 3.48. The van der Waals surface area contributed by atoms with Crippen molar-refractivity contribution in [1.29, 1.82) is 0 Å². The Labute approximate surface area is 132 Å². The van der Waals surface area contributed by atoms with Crippen molar-refractivity contribution < 1.29 is 14.6 Å². The zero-order valence-corrected chi connectivity index (χ0v) is 12.3. The molecular weight excluding hydrogens is 298 g/mol. The van der Waals surface area contributed by atoms with E-state index in [1.807, 2.05) is 13.2 Å². The molecular formula is C15H15N5O3. The quantitative estimate of drug-likeness (QED) is 0.203. The number of nitrogens with one attached hydrogen (secondary N) is 1. The first kappa shape index (κ1) is 15.9. The van der Waals surface area contributed by atoms with Crippen LogP contribution >= 0.6 is 0 Å². The van der Waals surface area contributed by atoms with E-state index in [-0.39, 0.29) is 5.88 Å². The number of benzene rings is 1. The van der Waals surface area contributed by atoms with Crippen molar-refractivity contribution in [3.8, 4) is 17.6 Å². The van der Waals surface area contributed by atoms with E-state index < -0.39 is 11.7 Å². The second-order valence-corrected chi connectivity index (χ2v) is 4.47. The summed E-state index contributed by atoms with van der Waals surface area (Å²) in [6.45, 7) is 0. The van der Waals surface area contributed by atoms with E-state index in [2.05, 4.69) is 22.4 Å². The molecule has 2 rings (SSSR count). The first-order valence-corrected chi connectivity index (χ1v) is 6.48. The zero-order valence-electron chi connectivity index (χ0n) is 12.3. The first-order chi connectivity index (χ1) is 11.0. The van der Waals surface area contributed by atoms with Crippen LogP contribution in [0.3, 0.4) is 0 Å². The molecule has 0 radical (unpaired) electrons. The Morgan fingerprint density at radius 3 is 2.48 bits per heavy atom. The molecule has 8 nitrogen and oxygen atoms in total. The number of hydrogen-bond acceptors (Lipinski definition) is 6. The van der Waals surface area contributed by atoms with Crippen LogP contribution in [0, 0.1) is 11.8 Å². The molecule has 0 atom stereocenters. The van der Waals surface area contributed by atoms with Crippen molar-refractivity contribution in [2.75, 3.05) is 0 Å². The van der Waals surface area contributed by atoms with Crippen LogP contribution in [-0.2, 0) is 11.8 Å². The Balaban J connectivity index is 2.12. The molecule has 0 spiro atoms. The third-order valence-corrected chi connectivity index (χ3v) is 2.74. The number of aryl methyl sites for hydroxylation is 1. The monoisotopic (exact) mass is 313 g/mol. The fourth-order valence-electron chi connectivity index (χ4n) is 1.61. The van der Waals surface area contributed by atoms with Crippen LogP contribution in [0.2, 0.25) is 0 Å². The lowest BCUT2D eigenvalue weighted by Gasteiger charge is -2.10. The van der Waals surface area contributed by atoms with Gasteiger partial charge in [0.1, 0.15) is 5.75 Å². The molecule has 8 heteroatoms. The minimum Gasteiger partial charge on any atom is -0.476 e. The topological polar surface area (TPSA) is 128 Å². The maximum atomic E-state index is 10.8. The Bertz CT molecular complexity index is 797. The number of carboxylic acids is 1. The number of nitrogens with two attached hydrogens (primary N) is 2. The van der Waals surface area contributed by atoms with E-state index in [1.165, 1.54) is 0 Å². The number of hydrazine groups is 1. The van der Waals surface area contributed by atoms with Crippen LogP contribution < -0.4 is 21.7 Å². The Morgan fingerprint density at radius 2 is 1.96 bits per heavy atom. The van der Waals surface area contributed by atoms with Crippen LogP contribution in [-0.4, -0.2) is 20.9 Å². The molecule has 0 aliphatic rings. The summed E-state index contributed by atoms with van der Waals surface area (Å²) in [4.78, 5) is 10.8. The molecule has 1 aromatic heterocycles. The highest BCUT2D eigenvalue weighted by Gasteiger charge is 2.11. The zero-order chi connectivity index (χ0) is 16.8. The number of ether oxygens (including phenoxy) is 1. The van der Waals surface area contributed by atoms with E-state index in [9.17, 15) is 4.79 Å². The average molecular weight is 313 g/mol. The minimum atomic E-state index is -1.34. The molecule has 0 unspecified atom stereocenters. The van der Waals surface area contributed by atoms with Gasteiger partial charge in [-0.3, -0.25) is 10.1 Å². The SMILES string of the molecule is Cn1cc(C#Cc2ccc(O/C(NN)=C(/N)C(=O)O)cc2)cn1. The van der Waals surface area contributed by atoms with E-state index >= 15 is 0 Å². The van der Waals surface area contributed by atoms with Gasteiger partial charge in [0, 0.05) is 18.8 Å². The molecule has 0 saturated carbocycles. The highest BCUT2D eigenvalue weighted by Crippen LogP contribution is 2.14. The van der Waals surface area contributed by atoms with Crippen molar-refractivity contribution in [2.24, 2.45) is 18.6 Å². The lowest BCUT2D eigenvalue weighted by atomic mass is 10.2. The summed E-state index contributed by atoms with van der Waals surface area (Å²) in [5.41, 5.74) is 8.50. The standard InChI is InChI=1S/C15H15N5O3/c1-20-9-11(8-18-20)3-2-10-4-6-12(7-5-10)23-14(19-17)13(16)15(21)22/h4-9,19H,16-17H2,1H3,(H,21,22)/b14-13+. The smallest absolute Gasteiger partial charge is 0.357 e. The third-order valence-electron chi connectivity index (χ3n) is 2.74. The number of aromatic nitrogens is 2. The van der Waals surface area contributed by atoms with Crippen LogP contribution in [0.25, 0.3) is 0 Å². The van der Waals surface area contributed by atoms with Crippen LogP contribution in [0.5, 0.6) is 5.75 Å². The average Bonchev–Trinajstić information content (AvgIpc) is 2.96. The number of rotatable bonds is 4. The van der Waals surface area contributed by atoms with Crippen LogP contribution in [0.4, 0.5) is 0 Å². The van der Waals surface area contributed by atoms with E-state index in [0.29, 0.717) is 5.75 Å². The molecule has 23 heavy (non-hydrogen) atoms. The minimum absolute atomic E-state index is 0.244. The van der Waals surface area contributed by atoms with Gasteiger partial charge in [-0.05, 0) is 24.3 Å². The molecule has 2 aromatic rings. The summed E-state index contributed by atoms with van der Waals surface area (Å²) < 4.78 is 6.95. The van der Waals surface area contributed by atoms with E-state index in [0.717, 1.165) is 11.1 Å². The Kier molecular flexibility index (Phi) is 4.86. The van der Waals surface area contributed by atoms with Gasteiger partial charge >= 0.3 is 5.97 Å². The number of carboxylic acid groups (broad SMARTS) is 1. The second-order valence-electron chi connectivity index (χ2n) is 4.47. The molecule has 6 N–H and O–H groups in total. The maximum Gasteiger partial charge on any atom is 0.357 e. The number of nitrogens with zero attached hydrogens (tertiary/aromatic N) is 2. The predicted molar refractivity (Wildman–Crippen MR) is 82.4 cm³/mol. The maximum absolute atomic E-state index is 10.8. The summed E-state index contributed by atoms with van der Waals surface area (Å²) in [7, 11) is 1.82. The highest BCUT2D eigenvalue weighted by molar-refractivity contribution is 5.85. The summed E-state index contributed by atoms with van der Waals surface area (Å²) in [5.74, 6) is 9.94. The van der Waals surface area contributed by atoms with Gasteiger partial charge in [-0.15, -0.1) is 0 Å². The van der Waals surface area contributed by atoms with Crippen LogP contribution in [0.15, 0.2) is 48.2 Å². The van der Waals surface area contributed by atoms with E-state index in [4.69, 9.17) is 21.4 Å². The normalized spacial score (nSPS) is 11.0. The van der Waals surface area contributed by atoms with Gasteiger partial charge in [-0.2, -0.15) is 5.10 Å². The molecule has 0 aliphatic heterocycles. The first-order valence-electron chi connectivity index (χ1n) is 6.48. The third kappa shape index (κ3) is 4.26. The van der Waals surface area contributed by atoms with Gasteiger partial charge in [0.15, 0.2) is 5.70 Å². The van der Waals surface area contributed by atoms with Gasteiger partial charge < -0.3 is 15.6 Å². The van der Waals surface area contributed by atoms with Crippen molar-refractivity contribution in [1.82, 2.24) is 15.2 Å². The number of carbonyl (C=O) groups is 1. The fourth-order valence-corrected chi connectivity index (χ4v) is 1.61. The summed E-state index contributed by atoms with van der Waals surface area (Å²) in [6, 6.07) is 6.70. The fraction of sp³-hybridized carbons (Fsp3) is 0.0667. The summed E-state index contributed by atoms with van der Waals surface area (Å²) in [5, 5.41) is 12.8. The molecule has 0 amide bonds. The number of hydrogen-bond donors (Lipinski definition) is 4. The van der Waals surface area contributed by atoms with Gasteiger partial charge in [0.2, 0.25) is 5.88 Å². The second kappa shape index (κ2) is 7.02. The molecule has 0 fully saturated rings. The van der Waals surface area contributed by atoms with Gasteiger partial charge in [-0.25, -0.2) is 10.6 Å². The molecule has 1 aromatic carbocycles. The van der Waals surface area contributed by atoms with Crippen molar-refractivity contribution in [3.63, 3.8) is 0 Å². The number of aliphatic carboxylic acids is 1. The molecule has 0 bridgehead atoms. The summed E-state index contributed by atoms with van der Waals surface area (Å²) >= 11 is 0.